The van der Waals surface area contributed by atoms with Crippen molar-refractivity contribution in [3.8, 4) is 5.75 Å². The topological polar surface area (TPSA) is 18.5 Å². The van der Waals surface area contributed by atoms with Crippen LogP contribution in [0.2, 0.25) is 0 Å². The zero-order chi connectivity index (χ0) is 14.4. The van der Waals surface area contributed by atoms with Crippen LogP contribution >= 0.6 is 23.0 Å². The Labute approximate surface area is 136 Å². The second-order valence-corrected chi connectivity index (χ2v) is 6.65. The lowest BCUT2D eigenvalue weighted by Crippen LogP contribution is -2.15. The normalized spacial score (nSPS) is 18.2. The van der Waals surface area contributed by atoms with Gasteiger partial charge in [-0.1, -0.05) is 45.2 Å². The molecule has 1 aromatic carbocycles. The highest BCUT2D eigenvalue weighted by Crippen LogP contribution is 2.31. The highest BCUT2D eigenvalue weighted by Gasteiger charge is 2.17. The van der Waals surface area contributed by atoms with Crippen molar-refractivity contribution >= 4 is 23.0 Å². The average Bonchev–Trinajstić information content (AvgIpc) is 2.47. The molecule has 0 amide bonds. The van der Waals surface area contributed by atoms with Gasteiger partial charge in [0, 0.05) is 0 Å². The second kappa shape index (κ2) is 8.23. The summed E-state index contributed by atoms with van der Waals surface area (Å²) in [6.45, 7) is 5.22. The maximum absolute atomic E-state index is 6.00. The summed E-state index contributed by atoms with van der Waals surface area (Å²) in [4.78, 5) is 0. The first-order chi connectivity index (χ1) is 9.70. The van der Waals surface area contributed by atoms with Crippen LogP contribution in [0.3, 0.4) is 0 Å². The van der Waals surface area contributed by atoms with Gasteiger partial charge in [-0.05, 0) is 42.4 Å². The maximum Gasteiger partial charge on any atom is 0.119 e. The Bertz CT molecular complexity index is 400. The van der Waals surface area contributed by atoms with Crippen LogP contribution in [-0.4, -0.2) is 6.61 Å². The van der Waals surface area contributed by atoms with E-state index < -0.39 is 0 Å². The van der Waals surface area contributed by atoms with Gasteiger partial charge in [-0.3, -0.25) is 0 Å². The Hall–Kier alpha value is -0.290. The molecule has 1 saturated carbocycles. The van der Waals surface area contributed by atoms with E-state index >= 15 is 0 Å². The van der Waals surface area contributed by atoms with Crippen molar-refractivity contribution in [2.45, 2.75) is 52.1 Å². The lowest BCUT2D eigenvalue weighted by molar-refractivity contribution is 0.204. The summed E-state index contributed by atoms with van der Waals surface area (Å²) < 4.78 is 11.6. The van der Waals surface area contributed by atoms with Gasteiger partial charge in [0.1, 0.15) is 28.8 Å². The van der Waals surface area contributed by atoms with E-state index in [9.17, 15) is 0 Å². The summed E-state index contributed by atoms with van der Waals surface area (Å²) in [6.07, 6.45) is 6.91. The van der Waals surface area contributed by atoms with Crippen LogP contribution in [0.5, 0.6) is 5.75 Å². The van der Waals surface area contributed by atoms with E-state index in [1.165, 1.54) is 37.7 Å². The molecule has 0 aromatic heterocycles. The predicted octanol–water partition coefficient (Wildman–Crippen LogP) is 5.71. The molecule has 1 aliphatic rings. The van der Waals surface area contributed by atoms with Crippen molar-refractivity contribution < 1.29 is 7.80 Å². The highest BCUT2D eigenvalue weighted by molar-refractivity contribution is 14.1. The molecule has 1 aliphatic carbocycles. The van der Waals surface area contributed by atoms with Crippen LogP contribution in [-0.2, 0) is 3.07 Å². The standard InChI is InChI=1S/C17H25IO2/c1-13(2)17(20-18)15-9-6-10-16(11-15)19-12-14-7-4-3-5-8-14/h6,9-11,13-14,17H,3-5,7-8,12H2,1-2H3/t17-/m0/s1. The van der Waals surface area contributed by atoms with Gasteiger partial charge >= 0.3 is 0 Å². The predicted molar refractivity (Wildman–Crippen MR) is 91.2 cm³/mol. The summed E-state index contributed by atoms with van der Waals surface area (Å²) in [5.41, 5.74) is 1.20. The first-order valence-electron chi connectivity index (χ1n) is 7.71. The molecule has 112 valence electrons. The van der Waals surface area contributed by atoms with E-state index in [1.54, 1.807) is 0 Å². The Morgan fingerprint density at radius 2 is 1.95 bits per heavy atom. The van der Waals surface area contributed by atoms with Gasteiger partial charge in [0.05, 0.1) is 12.7 Å². The van der Waals surface area contributed by atoms with Crippen LogP contribution in [0.1, 0.15) is 57.6 Å². The van der Waals surface area contributed by atoms with Gasteiger partial charge in [0.2, 0.25) is 0 Å². The van der Waals surface area contributed by atoms with E-state index in [1.807, 2.05) is 23.0 Å². The third kappa shape index (κ3) is 4.62. The molecule has 3 heteroatoms. The molecule has 0 spiro atoms. The maximum atomic E-state index is 6.00. The Morgan fingerprint density at radius 3 is 2.60 bits per heavy atom. The second-order valence-electron chi connectivity index (χ2n) is 6.14. The fourth-order valence-corrected chi connectivity index (χ4v) is 3.77. The minimum Gasteiger partial charge on any atom is -0.493 e. The first-order valence-corrected chi connectivity index (χ1v) is 8.59. The van der Waals surface area contributed by atoms with Crippen LogP contribution in [0, 0.1) is 11.8 Å². The van der Waals surface area contributed by atoms with Crippen LogP contribution < -0.4 is 4.74 Å². The number of hydrogen-bond acceptors (Lipinski definition) is 2. The van der Waals surface area contributed by atoms with Gasteiger partial charge < -0.3 is 7.80 Å². The smallest absolute Gasteiger partial charge is 0.119 e. The SMILES string of the molecule is CC(C)[C@H](OI)c1cccc(OCC2CCCCC2)c1. The largest absolute Gasteiger partial charge is 0.493 e. The summed E-state index contributed by atoms with van der Waals surface area (Å²) >= 11 is 2.00. The first kappa shape index (κ1) is 16.1. The quantitative estimate of drug-likeness (QED) is 0.582. The zero-order valence-electron chi connectivity index (χ0n) is 12.5. The summed E-state index contributed by atoms with van der Waals surface area (Å²) in [6, 6.07) is 8.37. The van der Waals surface area contributed by atoms with Gasteiger partial charge in [0.25, 0.3) is 0 Å². The van der Waals surface area contributed by atoms with Crippen LogP contribution in [0.25, 0.3) is 0 Å². The third-order valence-corrected chi connectivity index (χ3v) is 4.65. The van der Waals surface area contributed by atoms with E-state index in [0.717, 1.165) is 18.3 Å². The number of rotatable bonds is 6. The zero-order valence-corrected chi connectivity index (χ0v) is 14.6. The number of halogens is 1. The summed E-state index contributed by atoms with van der Waals surface area (Å²) in [5, 5.41) is 0. The Kier molecular flexibility index (Phi) is 6.62. The molecule has 1 fully saturated rings. The van der Waals surface area contributed by atoms with E-state index in [-0.39, 0.29) is 6.10 Å². The van der Waals surface area contributed by atoms with Gasteiger partial charge in [-0.15, -0.1) is 0 Å². The molecular weight excluding hydrogens is 363 g/mol. The van der Waals surface area contributed by atoms with E-state index in [4.69, 9.17) is 7.80 Å². The van der Waals surface area contributed by atoms with Gasteiger partial charge in [-0.2, -0.15) is 0 Å². The molecule has 0 saturated heterocycles. The van der Waals surface area contributed by atoms with Gasteiger partial charge in [0.15, 0.2) is 0 Å². The molecule has 0 N–H and O–H groups in total. The molecule has 0 unspecified atom stereocenters. The summed E-state index contributed by atoms with van der Waals surface area (Å²) in [7, 11) is 0. The van der Waals surface area contributed by atoms with Crippen molar-refractivity contribution in [3.05, 3.63) is 29.8 Å². The monoisotopic (exact) mass is 388 g/mol. The number of benzene rings is 1. The Balaban J connectivity index is 1.94. The van der Waals surface area contributed by atoms with Crippen molar-refractivity contribution in [2.24, 2.45) is 11.8 Å². The fraction of sp³-hybridized carbons (Fsp3) is 0.647. The molecule has 0 aliphatic heterocycles. The molecule has 2 rings (SSSR count). The number of ether oxygens (including phenoxy) is 1. The average molecular weight is 388 g/mol. The summed E-state index contributed by atoms with van der Waals surface area (Å²) in [5.74, 6) is 2.18. The molecule has 1 aromatic rings. The fourth-order valence-electron chi connectivity index (χ4n) is 2.89. The molecular formula is C17H25IO2. The lowest BCUT2D eigenvalue weighted by atomic mass is 9.90. The highest BCUT2D eigenvalue weighted by atomic mass is 127. The van der Waals surface area contributed by atoms with E-state index in [2.05, 4.69) is 38.1 Å². The molecule has 2 nitrogen and oxygen atoms in total. The van der Waals surface area contributed by atoms with Crippen molar-refractivity contribution in [3.63, 3.8) is 0 Å². The number of hydrogen-bond donors (Lipinski definition) is 0. The molecule has 0 radical (unpaired) electrons. The minimum absolute atomic E-state index is 0.133. The van der Waals surface area contributed by atoms with E-state index in [0.29, 0.717) is 5.92 Å². The van der Waals surface area contributed by atoms with Crippen molar-refractivity contribution in [1.82, 2.24) is 0 Å². The van der Waals surface area contributed by atoms with Crippen molar-refractivity contribution in [1.29, 1.82) is 0 Å². The van der Waals surface area contributed by atoms with Crippen LogP contribution in [0.15, 0.2) is 24.3 Å². The Morgan fingerprint density at radius 1 is 1.20 bits per heavy atom. The molecule has 20 heavy (non-hydrogen) atoms. The minimum atomic E-state index is 0.133. The van der Waals surface area contributed by atoms with Gasteiger partial charge in [-0.25, -0.2) is 0 Å². The van der Waals surface area contributed by atoms with Crippen molar-refractivity contribution in [2.75, 3.05) is 6.61 Å². The lowest BCUT2D eigenvalue weighted by Gasteiger charge is -2.22. The molecule has 1 atom stereocenters. The third-order valence-electron chi connectivity index (χ3n) is 4.10. The van der Waals surface area contributed by atoms with Crippen LogP contribution in [0.4, 0.5) is 0 Å². The molecule has 0 bridgehead atoms. The molecule has 0 heterocycles.